The van der Waals surface area contributed by atoms with E-state index in [4.69, 9.17) is 5.11 Å². The standard InChI is InChI=1S/C12H13FN2O3S/c13-10-2-1-7(5-9(10)11(16)17)14-12(18)15-8-3-4-19-6-8/h1-2,5,8H,3-4,6H2,(H,16,17)(H2,14,15,18). The maximum absolute atomic E-state index is 13.2. The van der Waals surface area contributed by atoms with E-state index in [0.29, 0.717) is 0 Å². The van der Waals surface area contributed by atoms with E-state index in [2.05, 4.69) is 10.6 Å². The zero-order valence-corrected chi connectivity index (χ0v) is 10.8. The topological polar surface area (TPSA) is 78.4 Å². The van der Waals surface area contributed by atoms with E-state index in [1.165, 1.54) is 6.07 Å². The Bertz CT molecular complexity index is 504. The van der Waals surface area contributed by atoms with Crippen LogP contribution in [0, 0.1) is 5.82 Å². The van der Waals surface area contributed by atoms with Gasteiger partial charge in [0.1, 0.15) is 5.82 Å². The molecule has 1 unspecified atom stereocenters. The van der Waals surface area contributed by atoms with Gasteiger partial charge in [-0.05, 0) is 30.4 Å². The van der Waals surface area contributed by atoms with Gasteiger partial charge in [0, 0.05) is 17.5 Å². The average molecular weight is 284 g/mol. The summed E-state index contributed by atoms with van der Waals surface area (Å²) in [7, 11) is 0. The van der Waals surface area contributed by atoms with Gasteiger partial charge in [-0.3, -0.25) is 0 Å². The molecule has 1 aromatic rings. The molecule has 102 valence electrons. The van der Waals surface area contributed by atoms with Crippen LogP contribution in [0.4, 0.5) is 14.9 Å². The molecule has 2 rings (SSSR count). The Kier molecular flexibility index (Phi) is 4.26. The van der Waals surface area contributed by atoms with E-state index < -0.39 is 23.4 Å². The average Bonchev–Trinajstić information content (AvgIpc) is 2.84. The Hall–Kier alpha value is -1.76. The smallest absolute Gasteiger partial charge is 0.338 e. The molecule has 2 amide bonds. The van der Waals surface area contributed by atoms with Crippen LogP contribution in [0.2, 0.25) is 0 Å². The van der Waals surface area contributed by atoms with Crippen LogP contribution < -0.4 is 10.6 Å². The molecule has 0 aromatic heterocycles. The Balaban J connectivity index is 2.00. The summed E-state index contributed by atoms with van der Waals surface area (Å²) in [6, 6.07) is 3.16. The minimum atomic E-state index is -1.37. The fraction of sp³-hybridized carbons (Fsp3) is 0.333. The molecule has 1 atom stereocenters. The summed E-state index contributed by atoms with van der Waals surface area (Å²) in [4.78, 5) is 22.4. The minimum Gasteiger partial charge on any atom is -0.478 e. The number of thioether (sulfide) groups is 1. The molecular formula is C12H13FN2O3S. The maximum Gasteiger partial charge on any atom is 0.338 e. The number of halogens is 1. The molecule has 19 heavy (non-hydrogen) atoms. The highest BCUT2D eigenvalue weighted by molar-refractivity contribution is 7.99. The summed E-state index contributed by atoms with van der Waals surface area (Å²) in [5.74, 6) is -0.304. The molecule has 0 saturated carbocycles. The third-order valence-corrected chi connectivity index (χ3v) is 3.88. The van der Waals surface area contributed by atoms with Crippen LogP contribution in [0.25, 0.3) is 0 Å². The van der Waals surface area contributed by atoms with Gasteiger partial charge in [-0.25, -0.2) is 14.0 Å². The number of benzene rings is 1. The third-order valence-electron chi connectivity index (χ3n) is 2.72. The number of carboxylic acids is 1. The van der Waals surface area contributed by atoms with Crippen molar-refractivity contribution >= 4 is 29.4 Å². The van der Waals surface area contributed by atoms with Crippen molar-refractivity contribution in [3.8, 4) is 0 Å². The fourth-order valence-electron chi connectivity index (χ4n) is 1.77. The molecule has 1 aliphatic rings. The summed E-state index contributed by atoms with van der Waals surface area (Å²) in [6.07, 6.45) is 0.919. The quantitative estimate of drug-likeness (QED) is 0.794. The number of hydrogen-bond acceptors (Lipinski definition) is 3. The Morgan fingerprint density at radius 1 is 1.42 bits per heavy atom. The molecule has 1 fully saturated rings. The van der Waals surface area contributed by atoms with Crippen LogP contribution in [0.1, 0.15) is 16.8 Å². The summed E-state index contributed by atoms with van der Waals surface area (Å²) >= 11 is 1.77. The second-order valence-electron chi connectivity index (χ2n) is 4.16. The number of anilines is 1. The molecule has 1 saturated heterocycles. The molecule has 3 N–H and O–H groups in total. The highest BCUT2D eigenvalue weighted by Gasteiger charge is 2.18. The van der Waals surface area contributed by atoms with Crippen molar-refractivity contribution in [2.45, 2.75) is 12.5 Å². The highest BCUT2D eigenvalue weighted by Crippen LogP contribution is 2.18. The molecule has 0 spiro atoms. The van der Waals surface area contributed by atoms with Crippen molar-refractivity contribution < 1.29 is 19.1 Å². The number of carbonyl (C=O) groups excluding carboxylic acids is 1. The van der Waals surface area contributed by atoms with Crippen LogP contribution in [0.3, 0.4) is 0 Å². The number of hydrogen-bond donors (Lipinski definition) is 3. The first-order chi connectivity index (χ1) is 9.06. The Morgan fingerprint density at radius 3 is 2.84 bits per heavy atom. The van der Waals surface area contributed by atoms with E-state index >= 15 is 0 Å². The number of carboxylic acid groups (broad SMARTS) is 1. The zero-order valence-electron chi connectivity index (χ0n) is 9.98. The molecule has 0 aliphatic carbocycles. The first kappa shape index (κ1) is 13.7. The van der Waals surface area contributed by atoms with Gasteiger partial charge in [0.2, 0.25) is 0 Å². The van der Waals surface area contributed by atoms with E-state index in [-0.39, 0.29) is 11.7 Å². The second kappa shape index (κ2) is 5.92. The third kappa shape index (κ3) is 3.60. The van der Waals surface area contributed by atoms with Gasteiger partial charge in [0.05, 0.1) is 5.56 Å². The van der Waals surface area contributed by atoms with Crippen LogP contribution in [-0.2, 0) is 0 Å². The molecule has 0 bridgehead atoms. The SMILES string of the molecule is O=C(Nc1ccc(F)c(C(=O)O)c1)NC1CCSC1. The van der Waals surface area contributed by atoms with Crippen molar-refractivity contribution in [3.05, 3.63) is 29.6 Å². The number of aromatic carboxylic acids is 1. The number of amides is 2. The molecule has 1 aromatic carbocycles. The lowest BCUT2D eigenvalue weighted by atomic mass is 10.2. The van der Waals surface area contributed by atoms with E-state index in [1.807, 2.05) is 0 Å². The lowest BCUT2D eigenvalue weighted by Crippen LogP contribution is -2.37. The van der Waals surface area contributed by atoms with E-state index in [0.717, 1.165) is 30.1 Å². The zero-order chi connectivity index (χ0) is 13.8. The van der Waals surface area contributed by atoms with Gasteiger partial charge in [-0.15, -0.1) is 0 Å². The first-order valence-electron chi connectivity index (χ1n) is 5.74. The van der Waals surface area contributed by atoms with Gasteiger partial charge >= 0.3 is 12.0 Å². The predicted octanol–water partition coefficient (Wildman–Crippen LogP) is 2.15. The van der Waals surface area contributed by atoms with E-state index in [9.17, 15) is 14.0 Å². The summed E-state index contributed by atoms with van der Waals surface area (Å²) < 4.78 is 13.2. The molecular weight excluding hydrogens is 271 g/mol. The van der Waals surface area contributed by atoms with Crippen molar-refractivity contribution in [2.75, 3.05) is 16.8 Å². The van der Waals surface area contributed by atoms with Crippen LogP contribution in [-0.4, -0.2) is 34.7 Å². The number of nitrogens with one attached hydrogen (secondary N) is 2. The molecule has 1 aliphatic heterocycles. The Morgan fingerprint density at radius 2 is 2.21 bits per heavy atom. The Labute approximate surface area is 113 Å². The number of carbonyl (C=O) groups is 2. The summed E-state index contributed by atoms with van der Waals surface area (Å²) in [6.45, 7) is 0. The lowest BCUT2D eigenvalue weighted by molar-refractivity contribution is 0.0692. The second-order valence-corrected chi connectivity index (χ2v) is 5.31. The van der Waals surface area contributed by atoms with Gasteiger partial charge in [0.25, 0.3) is 0 Å². The van der Waals surface area contributed by atoms with Crippen molar-refractivity contribution in [1.29, 1.82) is 0 Å². The highest BCUT2D eigenvalue weighted by atomic mass is 32.2. The predicted molar refractivity (Wildman–Crippen MR) is 71.2 cm³/mol. The number of urea groups is 1. The van der Waals surface area contributed by atoms with Gasteiger partial charge < -0.3 is 15.7 Å². The summed E-state index contributed by atoms with van der Waals surface area (Å²) in [5, 5.41) is 14.1. The molecule has 5 nitrogen and oxygen atoms in total. The van der Waals surface area contributed by atoms with Crippen molar-refractivity contribution in [3.63, 3.8) is 0 Å². The van der Waals surface area contributed by atoms with Crippen molar-refractivity contribution in [1.82, 2.24) is 5.32 Å². The maximum atomic E-state index is 13.2. The van der Waals surface area contributed by atoms with Crippen LogP contribution in [0.5, 0.6) is 0 Å². The molecule has 0 radical (unpaired) electrons. The van der Waals surface area contributed by atoms with Crippen LogP contribution in [0.15, 0.2) is 18.2 Å². The summed E-state index contributed by atoms with van der Waals surface area (Å²) in [5.41, 5.74) is -0.212. The van der Waals surface area contributed by atoms with E-state index in [1.54, 1.807) is 11.8 Å². The van der Waals surface area contributed by atoms with Crippen molar-refractivity contribution in [2.24, 2.45) is 0 Å². The lowest BCUT2D eigenvalue weighted by Gasteiger charge is -2.12. The normalized spacial score (nSPS) is 18.1. The minimum absolute atomic E-state index is 0.129. The fourth-order valence-corrected chi connectivity index (χ4v) is 2.92. The van der Waals surface area contributed by atoms with Gasteiger partial charge in [-0.2, -0.15) is 11.8 Å². The molecule has 1 heterocycles. The van der Waals surface area contributed by atoms with Gasteiger partial charge in [-0.1, -0.05) is 0 Å². The van der Waals surface area contributed by atoms with Gasteiger partial charge in [0.15, 0.2) is 0 Å². The largest absolute Gasteiger partial charge is 0.478 e. The molecule has 7 heteroatoms. The number of rotatable bonds is 3. The monoisotopic (exact) mass is 284 g/mol. The van der Waals surface area contributed by atoms with Crippen LogP contribution >= 0.6 is 11.8 Å². The first-order valence-corrected chi connectivity index (χ1v) is 6.90.